The Kier molecular flexibility index (Phi) is 4.19. The van der Waals surface area contributed by atoms with Crippen LogP contribution in [-0.2, 0) is 0 Å². The summed E-state index contributed by atoms with van der Waals surface area (Å²) in [6, 6.07) is 13.6. The zero-order valence-electron chi connectivity index (χ0n) is 11.2. The molecule has 2 aromatic carbocycles. The summed E-state index contributed by atoms with van der Waals surface area (Å²) in [6.07, 6.45) is 0. The van der Waals surface area contributed by atoms with Gasteiger partial charge in [0.15, 0.2) is 0 Å². The Morgan fingerprint density at radius 3 is 2.81 bits per heavy atom. The summed E-state index contributed by atoms with van der Waals surface area (Å²) in [7, 11) is 1.63. The summed E-state index contributed by atoms with van der Waals surface area (Å²) in [5.74, 6) is -0.103. The molecule has 0 unspecified atom stereocenters. The van der Waals surface area contributed by atoms with E-state index < -0.39 is 0 Å². The molecule has 0 fully saturated rings. The van der Waals surface area contributed by atoms with Crippen molar-refractivity contribution < 1.29 is 4.79 Å². The van der Waals surface area contributed by atoms with E-state index >= 15 is 0 Å². The molecule has 5 heteroatoms. The van der Waals surface area contributed by atoms with Gasteiger partial charge in [0, 0.05) is 37.3 Å². The second-order valence-electron chi connectivity index (χ2n) is 4.42. The highest BCUT2D eigenvalue weighted by Crippen LogP contribution is 2.39. The average molecular weight is 334 g/mol. The highest BCUT2D eigenvalue weighted by Gasteiger charge is 2.13. The normalized spacial score (nSPS) is 10.8. The second-order valence-corrected chi connectivity index (χ2v) is 6.85. The van der Waals surface area contributed by atoms with Crippen LogP contribution in [0.5, 0.6) is 0 Å². The number of carbonyl (C=O) groups is 1. The summed E-state index contributed by atoms with van der Waals surface area (Å²) < 4.78 is 1.24. The predicted molar refractivity (Wildman–Crippen MR) is 90.8 cm³/mol. The van der Waals surface area contributed by atoms with E-state index in [1.807, 2.05) is 18.2 Å². The summed E-state index contributed by atoms with van der Waals surface area (Å²) in [5, 5.41) is 6.61. The van der Waals surface area contributed by atoms with Crippen molar-refractivity contribution in [3.05, 3.63) is 58.4 Å². The third kappa shape index (κ3) is 2.93. The van der Waals surface area contributed by atoms with Crippen LogP contribution in [0.4, 0.5) is 0 Å². The first kappa shape index (κ1) is 14.4. The molecule has 0 aliphatic rings. The van der Waals surface area contributed by atoms with E-state index in [4.69, 9.17) is 11.6 Å². The standard InChI is InChI=1S/C16H12ClNOS2/c1-18-16(19)12-7-6-10(17)8-14(12)21-15-9-20-13-5-3-2-4-11(13)15/h2-9H,1H3,(H,18,19). The van der Waals surface area contributed by atoms with E-state index in [-0.39, 0.29) is 5.91 Å². The van der Waals surface area contributed by atoms with E-state index in [1.54, 1.807) is 42.3 Å². The van der Waals surface area contributed by atoms with Gasteiger partial charge in [0.25, 0.3) is 5.91 Å². The molecular formula is C16H12ClNOS2. The zero-order chi connectivity index (χ0) is 14.8. The van der Waals surface area contributed by atoms with Gasteiger partial charge in [-0.3, -0.25) is 4.79 Å². The van der Waals surface area contributed by atoms with Gasteiger partial charge in [-0.1, -0.05) is 41.6 Å². The third-order valence-electron chi connectivity index (χ3n) is 3.08. The van der Waals surface area contributed by atoms with E-state index in [1.165, 1.54) is 10.1 Å². The Morgan fingerprint density at radius 2 is 2.00 bits per heavy atom. The fourth-order valence-electron chi connectivity index (χ4n) is 2.05. The third-order valence-corrected chi connectivity index (χ3v) is 5.54. The molecule has 1 heterocycles. The summed E-state index contributed by atoms with van der Waals surface area (Å²) in [6.45, 7) is 0. The molecule has 0 saturated heterocycles. The first-order valence-corrected chi connectivity index (χ1v) is 8.42. The number of thiophene rings is 1. The number of halogens is 1. The summed E-state index contributed by atoms with van der Waals surface area (Å²) >= 11 is 9.36. The molecule has 0 spiro atoms. The Bertz CT molecular complexity index is 813. The molecule has 106 valence electrons. The van der Waals surface area contributed by atoms with Gasteiger partial charge in [0.1, 0.15) is 0 Å². The summed E-state index contributed by atoms with van der Waals surface area (Å²) in [4.78, 5) is 14.0. The SMILES string of the molecule is CNC(=O)c1ccc(Cl)cc1Sc1csc2ccccc12. The van der Waals surface area contributed by atoms with Crippen LogP contribution in [0.15, 0.2) is 57.6 Å². The molecule has 3 aromatic rings. The van der Waals surface area contributed by atoms with Gasteiger partial charge < -0.3 is 5.32 Å². The molecular weight excluding hydrogens is 322 g/mol. The molecule has 1 N–H and O–H groups in total. The molecule has 0 atom stereocenters. The minimum Gasteiger partial charge on any atom is -0.355 e. The van der Waals surface area contributed by atoms with Gasteiger partial charge >= 0.3 is 0 Å². The molecule has 0 aliphatic heterocycles. The first-order chi connectivity index (χ1) is 10.2. The van der Waals surface area contributed by atoms with Crippen LogP contribution in [0.25, 0.3) is 10.1 Å². The van der Waals surface area contributed by atoms with Crippen LogP contribution in [0.1, 0.15) is 10.4 Å². The van der Waals surface area contributed by atoms with Crippen molar-refractivity contribution in [1.29, 1.82) is 0 Å². The Labute approximate surface area is 136 Å². The van der Waals surface area contributed by atoms with Crippen molar-refractivity contribution in [2.24, 2.45) is 0 Å². The van der Waals surface area contributed by atoms with Crippen molar-refractivity contribution in [2.45, 2.75) is 9.79 Å². The monoisotopic (exact) mass is 333 g/mol. The minimum atomic E-state index is -0.103. The van der Waals surface area contributed by atoms with Crippen molar-refractivity contribution in [2.75, 3.05) is 7.05 Å². The fraction of sp³-hybridized carbons (Fsp3) is 0.0625. The van der Waals surface area contributed by atoms with Crippen molar-refractivity contribution in [3.8, 4) is 0 Å². The molecule has 1 amide bonds. The second kappa shape index (κ2) is 6.10. The average Bonchev–Trinajstić information content (AvgIpc) is 2.90. The number of carbonyl (C=O) groups excluding carboxylic acids is 1. The lowest BCUT2D eigenvalue weighted by Crippen LogP contribution is -2.18. The number of nitrogens with one attached hydrogen (secondary N) is 1. The molecule has 2 nitrogen and oxygen atoms in total. The van der Waals surface area contributed by atoms with Gasteiger partial charge in [-0.15, -0.1) is 11.3 Å². The number of hydrogen-bond donors (Lipinski definition) is 1. The maximum absolute atomic E-state index is 12.0. The lowest BCUT2D eigenvalue weighted by atomic mass is 10.2. The van der Waals surface area contributed by atoms with Crippen LogP contribution in [0, 0.1) is 0 Å². The first-order valence-electron chi connectivity index (χ1n) is 6.35. The number of amides is 1. The maximum Gasteiger partial charge on any atom is 0.252 e. The maximum atomic E-state index is 12.0. The molecule has 0 radical (unpaired) electrons. The molecule has 21 heavy (non-hydrogen) atoms. The van der Waals surface area contributed by atoms with Crippen molar-refractivity contribution in [3.63, 3.8) is 0 Å². The largest absolute Gasteiger partial charge is 0.355 e. The predicted octanol–water partition coefficient (Wildman–Crippen LogP) is 5.07. The van der Waals surface area contributed by atoms with Gasteiger partial charge in [-0.25, -0.2) is 0 Å². The molecule has 0 saturated carbocycles. The Hall–Kier alpha value is -1.49. The van der Waals surface area contributed by atoms with Gasteiger partial charge in [-0.2, -0.15) is 0 Å². The van der Waals surface area contributed by atoms with Crippen molar-refractivity contribution >= 4 is 50.7 Å². The van der Waals surface area contributed by atoms with E-state index in [0.29, 0.717) is 10.6 Å². The van der Waals surface area contributed by atoms with Crippen molar-refractivity contribution in [1.82, 2.24) is 5.32 Å². The number of hydrogen-bond acceptors (Lipinski definition) is 3. The van der Waals surface area contributed by atoms with Gasteiger partial charge in [-0.05, 0) is 24.3 Å². The number of rotatable bonds is 3. The van der Waals surface area contributed by atoms with Crippen LogP contribution < -0.4 is 5.32 Å². The highest BCUT2D eigenvalue weighted by molar-refractivity contribution is 7.99. The Balaban J connectivity index is 2.05. The summed E-state index contributed by atoms with van der Waals surface area (Å²) in [5.41, 5.74) is 0.641. The quantitative estimate of drug-likeness (QED) is 0.725. The van der Waals surface area contributed by atoms with Crippen LogP contribution in [0.2, 0.25) is 5.02 Å². The smallest absolute Gasteiger partial charge is 0.252 e. The minimum absolute atomic E-state index is 0.103. The van der Waals surface area contributed by atoms with Gasteiger partial charge in [0.05, 0.1) is 5.56 Å². The zero-order valence-corrected chi connectivity index (χ0v) is 13.6. The van der Waals surface area contributed by atoms with E-state index in [0.717, 1.165) is 9.79 Å². The Morgan fingerprint density at radius 1 is 1.19 bits per heavy atom. The van der Waals surface area contributed by atoms with Crippen LogP contribution in [0.3, 0.4) is 0 Å². The fourth-order valence-corrected chi connectivity index (χ4v) is 4.50. The van der Waals surface area contributed by atoms with Crippen LogP contribution >= 0.6 is 34.7 Å². The van der Waals surface area contributed by atoms with Gasteiger partial charge in [0.2, 0.25) is 0 Å². The molecule has 1 aromatic heterocycles. The van der Waals surface area contributed by atoms with E-state index in [9.17, 15) is 4.79 Å². The topological polar surface area (TPSA) is 29.1 Å². The molecule has 0 bridgehead atoms. The number of benzene rings is 2. The highest BCUT2D eigenvalue weighted by atomic mass is 35.5. The van der Waals surface area contributed by atoms with Crippen LogP contribution in [-0.4, -0.2) is 13.0 Å². The lowest BCUT2D eigenvalue weighted by Gasteiger charge is -2.08. The molecule has 0 aliphatic carbocycles. The van der Waals surface area contributed by atoms with E-state index in [2.05, 4.69) is 22.8 Å². The lowest BCUT2D eigenvalue weighted by molar-refractivity contribution is 0.0960. The number of fused-ring (bicyclic) bond motifs is 1. The molecule has 3 rings (SSSR count).